The largest absolute Gasteiger partial charge is 0.349 e. The van der Waals surface area contributed by atoms with E-state index in [0.717, 1.165) is 9.97 Å². The molecule has 0 bridgehead atoms. The summed E-state index contributed by atoms with van der Waals surface area (Å²) in [6.45, 7) is 3.97. The maximum Gasteiger partial charge on any atom is 0.275 e. The number of aryl methyl sites for hydroxylation is 2. The second-order valence-corrected chi connectivity index (χ2v) is 10.7. The van der Waals surface area contributed by atoms with Crippen LogP contribution in [0.2, 0.25) is 0 Å². The van der Waals surface area contributed by atoms with Gasteiger partial charge in [0.1, 0.15) is 17.2 Å². The minimum Gasteiger partial charge on any atom is -0.349 e. The summed E-state index contributed by atoms with van der Waals surface area (Å²) in [6.07, 6.45) is 1.83. The normalized spacial score (nSPS) is 16.0. The Morgan fingerprint density at radius 2 is 2.12 bits per heavy atom. The lowest BCUT2D eigenvalue weighted by atomic mass is 10.1. The molecule has 11 heteroatoms. The molecule has 1 saturated heterocycles. The van der Waals surface area contributed by atoms with Crippen LogP contribution in [0.15, 0.2) is 35.8 Å². The molecule has 0 unspecified atom stereocenters. The summed E-state index contributed by atoms with van der Waals surface area (Å²) >= 11 is 4.48. The van der Waals surface area contributed by atoms with E-state index in [0.29, 0.717) is 45.7 Å². The molecular formula is C22H20FN5O2S3. The molecule has 0 radical (unpaired) electrons. The summed E-state index contributed by atoms with van der Waals surface area (Å²) in [5.41, 5.74) is 2.15. The van der Waals surface area contributed by atoms with Crippen LogP contribution in [0.3, 0.4) is 0 Å². The lowest BCUT2D eigenvalue weighted by Gasteiger charge is -2.23. The van der Waals surface area contributed by atoms with Crippen molar-refractivity contribution in [3.63, 3.8) is 0 Å². The number of imidazole rings is 1. The van der Waals surface area contributed by atoms with Crippen LogP contribution in [-0.4, -0.2) is 55.3 Å². The molecule has 1 aliphatic rings. The third-order valence-electron chi connectivity index (χ3n) is 5.42. The first kappa shape index (κ1) is 22.1. The van der Waals surface area contributed by atoms with Gasteiger partial charge < -0.3 is 10.2 Å². The predicted molar refractivity (Wildman–Crippen MR) is 130 cm³/mol. The molecular weight excluding hydrogens is 481 g/mol. The van der Waals surface area contributed by atoms with Crippen LogP contribution in [0.5, 0.6) is 0 Å². The average molecular weight is 502 g/mol. The molecule has 170 valence electrons. The Balaban J connectivity index is 1.34. The fourth-order valence-corrected chi connectivity index (χ4v) is 6.74. The second-order valence-electron chi connectivity index (χ2n) is 7.66. The molecule has 1 aliphatic heterocycles. The quantitative estimate of drug-likeness (QED) is 0.443. The van der Waals surface area contributed by atoms with Crippen molar-refractivity contribution in [2.24, 2.45) is 0 Å². The summed E-state index contributed by atoms with van der Waals surface area (Å²) < 4.78 is 15.6. The summed E-state index contributed by atoms with van der Waals surface area (Å²) in [7, 11) is 0. The Bertz CT molecular complexity index is 1360. The van der Waals surface area contributed by atoms with Gasteiger partial charge in [-0.15, -0.1) is 34.4 Å². The van der Waals surface area contributed by atoms with Crippen molar-refractivity contribution in [2.75, 3.05) is 18.2 Å². The van der Waals surface area contributed by atoms with Crippen molar-refractivity contribution in [3.05, 3.63) is 63.7 Å². The Kier molecular flexibility index (Phi) is 5.94. The van der Waals surface area contributed by atoms with Gasteiger partial charge in [-0.2, -0.15) is 0 Å². The van der Waals surface area contributed by atoms with E-state index in [4.69, 9.17) is 0 Å². The number of hydrogen-bond donors (Lipinski definition) is 1. The number of carbonyl (C=O) groups excluding carboxylic acids is 2. The van der Waals surface area contributed by atoms with Crippen LogP contribution >= 0.6 is 34.4 Å². The number of nitrogens with zero attached hydrogens (tertiary/aromatic N) is 4. The van der Waals surface area contributed by atoms with E-state index in [1.165, 1.54) is 34.8 Å². The maximum atomic E-state index is 13.8. The molecule has 4 aromatic rings. The zero-order valence-corrected chi connectivity index (χ0v) is 20.3. The first-order valence-corrected chi connectivity index (χ1v) is 13.1. The Labute approximate surface area is 201 Å². The van der Waals surface area contributed by atoms with Crippen LogP contribution in [0, 0.1) is 19.7 Å². The van der Waals surface area contributed by atoms with Gasteiger partial charge in [0.2, 0.25) is 0 Å². The molecule has 5 rings (SSSR count). The van der Waals surface area contributed by atoms with Crippen LogP contribution in [0.25, 0.3) is 15.4 Å². The number of rotatable bonds is 5. The standard InChI is InChI=1S/C22H20FN5O2S3/c1-12-18(27-6-7-32-22(27)25-12)20(29)24-9-16-10-31-11-28(16)21(30)17-19(33-13(2)26-17)14-4-3-5-15(23)8-14/h3-8,16H,9-11H2,1-2H3,(H,24,29)/t16-/m1/s1. The molecule has 1 aromatic carbocycles. The molecule has 1 atom stereocenters. The first-order valence-electron chi connectivity index (χ1n) is 10.2. The van der Waals surface area contributed by atoms with Gasteiger partial charge >= 0.3 is 0 Å². The number of thioether (sulfide) groups is 1. The molecule has 7 nitrogen and oxygen atoms in total. The van der Waals surface area contributed by atoms with E-state index in [1.54, 1.807) is 33.2 Å². The molecule has 2 amide bonds. The zero-order chi connectivity index (χ0) is 23.1. The highest BCUT2D eigenvalue weighted by Crippen LogP contribution is 2.33. The third-order valence-corrected chi connectivity index (χ3v) is 8.27. The lowest BCUT2D eigenvalue weighted by molar-refractivity contribution is 0.0731. The highest BCUT2D eigenvalue weighted by molar-refractivity contribution is 7.99. The number of fused-ring (bicyclic) bond motifs is 1. The SMILES string of the molecule is Cc1nc(C(=O)N2CSC[C@H]2CNC(=O)c2c(C)nc3sccn23)c(-c2cccc(F)c2)s1. The van der Waals surface area contributed by atoms with E-state index in [9.17, 15) is 14.0 Å². The Morgan fingerprint density at radius 3 is 2.94 bits per heavy atom. The van der Waals surface area contributed by atoms with E-state index in [-0.39, 0.29) is 23.7 Å². The van der Waals surface area contributed by atoms with E-state index < -0.39 is 0 Å². The van der Waals surface area contributed by atoms with Crippen LogP contribution in [0.4, 0.5) is 4.39 Å². The van der Waals surface area contributed by atoms with Gasteiger partial charge in [-0.3, -0.25) is 14.0 Å². The predicted octanol–water partition coefficient (Wildman–Crippen LogP) is 4.22. The number of carbonyl (C=O) groups is 2. The maximum absolute atomic E-state index is 13.8. The van der Waals surface area contributed by atoms with Crippen molar-refractivity contribution < 1.29 is 14.0 Å². The fourth-order valence-electron chi connectivity index (χ4n) is 3.87. The third kappa shape index (κ3) is 4.16. The van der Waals surface area contributed by atoms with Gasteiger partial charge in [0.05, 0.1) is 27.5 Å². The monoisotopic (exact) mass is 501 g/mol. The Hall–Kier alpha value is -2.76. The van der Waals surface area contributed by atoms with Gasteiger partial charge in [-0.25, -0.2) is 14.4 Å². The zero-order valence-electron chi connectivity index (χ0n) is 17.9. The van der Waals surface area contributed by atoms with Gasteiger partial charge in [0.15, 0.2) is 4.96 Å². The number of benzene rings is 1. The number of amides is 2. The molecule has 3 aromatic heterocycles. The van der Waals surface area contributed by atoms with Crippen molar-refractivity contribution >= 4 is 51.2 Å². The molecule has 0 saturated carbocycles. The van der Waals surface area contributed by atoms with E-state index in [2.05, 4.69) is 15.3 Å². The Morgan fingerprint density at radius 1 is 1.27 bits per heavy atom. The smallest absolute Gasteiger partial charge is 0.275 e. The minimum atomic E-state index is -0.357. The minimum absolute atomic E-state index is 0.167. The topological polar surface area (TPSA) is 79.6 Å². The molecule has 1 fully saturated rings. The van der Waals surface area contributed by atoms with E-state index in [1.807, 2.05) is 25.4 Å². The van der Waals surface area contributed by atoms with Crippen molar-refractivity contribution in [2.45, 2.75) is 19.9 Å². The first-order chi connectivity index (χ1) is 15.9. The number of halogens is 1. The van der Waals surface area contributed by atoms with Gasteiger partial charge in [0.25, 0.3) is 11.8 Å². The number of hydrogen-bond acceptors (Lipinski definition) is 7. The van der Waals surface area contributed by atoms with Gasteiger partial charge in [-0.1, -0.05) is 12.1 Å². The number of aromatic nitrogens is 3. The summed E-state index contributed by atoms with van der Waals surface area (Å²) in [5, 5.41) is 5.60. The summed E-state index contributed by atoms with van der Waals surface area (Å²) in [5.74, 6) is 0.448. The van der Waals surface area contributed by atoms with Crippen molar-refractivity contribution in [1.29, 1.82) is 0 Å². The van der Waals surface area contributed by atoms with Crippen LogP contribution < -0.4 is 5.32 Å². The van der Waals surface area contributed by atoms with Gasteiger partial charge in [-0.05, 0) is 31.5 Å². The second kappa shape index (κ2) is 8.88. The van der Waals surface area contributed by atoms with Gasteiger partial charge in [0, 0.05) is 23.9 Å². The lowest BCUT2D eigenvalue weighted by Crippen LogP contribution is -2.44. The van der Waals surface area contributed by atoms with E-state index >= 15 is 0 Å². The number of nitrogens with one attached hydrogen (secondary N) is 1. The molecule has 4 heterocycles. The fraction of sp³-hybridized carbons (Fsp3) is 0.273. The highest BCUT2D eigenvalue weighted by atomic mass is 32.2. The van der Waals surface area contributed by atoms with Crippen LogP contribution in [-0.2, 0) is 0 Å². The molecule has 0 aliphatic carbocycles. The molecule has 33 heavy (non-hydrogen) atoms. The van der Waals surface area contributed by atoms with Crippen molar-refractivity contribution in [1.82, 2.24) is 24.6 Å². The van der Waals surface area contributed by atoms with Crippen molar-refractivity contribution in [3.8, 4) is 10.4 Å². The molecule has 1 N–H and O–H groups in total. The van der Waals surface area contributed by atoms with Crippen LogP contribution in [0.1, 0.15) is 31.7 Å². The average Bonchev–Trinajstić information content (AvgIpc) is 3.55. The highest BCUT2D eigenvalue weighted by Gasteiger charge is 2.33. The summed E-state index contributed by atoms with van der Waals surface area (Å²) in [4.78, 5) is 38.4. The molecule has 0 spiro atoms. The summed E-state index contributed by atoms with van der Waals surface area (Å²) in [6, 6.07) is 6.03. The number of thiazole rings is 2.